The molecular formula is C21H27N3O4S. The second-order valence-electron chi connectivity index (χ2n) is 8.12. The standard InChI is InChI=1S/C21H27N3O4S/c1-14-11-15(5-6-16(14)23-9-3-4-10-23)22-18(25)12-28-20(27)17-13-29-21(2)8-7-19(26)24(17)21/h5-6,11,17H,3-4,7-10,12-13H2,1-2H3,(H,22,25)/t17-,21+/m0/s1. The molecule has 3 saturated heterocycles. The van der Waals surface area contributed by atoms with Gasteiger partial charge < -0.3 is 19.9 Å². The van der Waals surface area contributed by atoms with E-state index in [1.54, 1.807) is 16.7 Å². The first-order valence-electron chi connectivity index (χ1n) is 10.2. The van der Waals surface area contributed by atoms with E-state index in [0.717, 1.165) is 25.1 Å². The quantitative estimate of drug-likeness (QED) is 0.742. The predicted octanol–water partition coefficient (Wildman–Crippen LogP) is 2.53. The summed E-state index contributed by atoms with van der Waals surface area (Å²) in [6.07, 6.45) is 3.63. The second-order valence-corrected chi connectivity index (χ2v) is 9.62. The molecule has 3 heterocycles. The van der Waals surface area contributed by atoms with Crippen molar-refractivity contribution in [1.29, 1.82) is 0 Å². The molecule has 0 spiro atoms. The number of ether oxygens (including phenoxy) is 1. The number of hydrogen-bond acceptors (Lipinski definition) is 6. The third kappa shape index (κ3) is 3.95. The minimum Gasteiger partial charge on any atom is -0.454 e. The summed E-state index contributed by atoms with van der Waals surface area (Å²) in [7, 11) is 0. The number of nitrogens with zero attached hydrogens (tertiary/aromatic N) is 2. The first kappa shape index (κ1) is 20.1. The van der Waals surface area contributed by atoms with Gasteiger partial charge in [0.1, 0.15) is 6.04 Å². The number of esters is 1. The minimum atomic E-state index is -0.602. The molecule has 1 aromatic carbocycles. The molecule has 8 heteroatoms. The summed E-state index contributed by atoms with van der Waals surface area (Å²) >= 11 is 1.61. The lowest BCUT2D eigenvalue weighted by atomic mass is 10.1. The molecule has 1 N–H and O–H groups in total. The van der Waals surface area contributed by atoms with Gasteiger partial charge in [-0.1, -0.05) is 0 Å². The molecule has 0 radical (unpaired) electrons. The van der Waals surface area contributed by atoms with Gasteiger partial charge in [0.2, 0.25) is 5.91 Å². The van der Waals surface area contributed by atoms with Crippen LogP contribution in [0.3, 0.4) is 0 Å². The van der Waals surface area contributed by atoms with Crippen molar-refractivity contribution >= 4 is 40.9 Å². The Labute approximate surface area is 175 Å². The van der Waals surface area contributed by atoms with Gasteiger partial charge in [-0.15, -0.1) is 11.8 Å². The van der Waals surface area contributed by atoms with Crippen molar-refractivity contribution in [3.05, 3.63) is 23.8 Å². The van der Waals surface area contributed by atoms with Gasteiger partial charge in [0, 0.05) is 36.6 Å². The van der Waals surface area contributed by atoms with Gasteiger partial charge in [0.25, 0.3) is 5.91 Å². The largest absolute Gasteiger partial charge is 0.454 e. The number of carbonyl (C=O) groups excluding carboxylic acids is 3. The molecule has 0 bridgehead atoms. The van der Waals surface area contributed by atoms with Crippen molar-refractivity contribution in [2.24, 2.45) is 0 Å². The highest BCUT2D eigenvalue weighted by atomic mass is 32.2. The number of aryl methyl sites for hydroxylation is 1. The Bertz CT molecular complexity index is 839. The SMILES string of the molecule is Cc1cc(NC(=O)COC(=O)[C@@H]2CS[C@]3(C)CCC(=O)N23)ccc1N1CCCC1. The number of carbonyl (C=O) groups is 3. The average Bonchev–Trinajstić information content (AvgIpc) is 3.38. The Kier molecular flexibility index (Phi) is 5.46. The Hall–Kier alpha value is -2.22. The lowest BCUT2D eigenvalue weighted by molar-refractivity contribution is -0.155. The fraction of sp³-hybridized carbons (Fsp3) is 0.571. The lowest BCUT2D eigenvalue weighted by Gasteiger charge is -2.29. The van der Waals surface area contributed by atoms with Crippen molar-refractivity contribution in [2.75, 3.05) is 35.7 Å². The highest BCUT2D eigenvalue weighted by Crippen LogP contribution is 2.47. The fourth-order valence-corrected chi connectivity index (χ4v) is 5.89. The molecule has 2 atom stereocenters. The summed E-state index contributed by atoms with van der Waals surface area (Å²) in [5, 5.41) is 2.79. The van der Waals surface area contributed by atoms with Crippen molar-refractivity contribution in [2.45, 2.75) is 50.4 Å². The normalized spacial score (nSPS) is 26.0. The van der Waals surface area contributed by atoms with Crippen LogP contribution in [0.25, 0.3) is 0 Å². The van der Waals surface area contributed by atoms with E-state index in [1.807, 2.05) is 32.0 Å². The monoisotopic (exact) mass is 417 g/mol. The van der Waals surface area contributed by atoms with Gasteiger partial charge in [-0.25, -0.2) is 4.79 Å². The van der Waals surface area contributed by atoms with E-state index in [2.05, 4.69) is 10.2 Å². The summed E-state index contributed by atoms with van der Waals surface area (Å²) in [4.78, 5) is 40.5. The van der Waals surface area contributed by atoms with E-state index in [-0.39, 0.29) is 23.3 Å². The lowest BCUT2D eigenvalue weighted by Crippen LogP contribution is -2.47. The van der Waals surface area contributed by atoms with Crippen LogP contribution >= 0.6 is 11.8 Å². The second kappa shape index (κ2) is 7.89. The van der Waals surface area contributed by atoms with E-state index in [1.165, 1.54) is 18.5 Å². The number of benzene rings is 1. The summed E-state index contributed by atoms with van der Waals surface area (Å²) in [5.74, 6) is -0.391. The van der Waals surface area contributed by atoms with Crippen LogP contribution < -0.4 is 10.2 Å². The number of hydrogen-bond donors (Lipinski definition) is 1. The molecule has 7 nitrogen and oxygen atoms in total. The fourth-order valence-electron chi connectivity index (χ4n) is 4.47. The summed E-state index contributed by atoms with van der Waals surface area (Å²) in [5.41, 5.74) is 2.99. The molecule has 0 aliphatic carbocycles. The maximum Gasteiger partial charge on any atom is 0.330 e. The highest BCUT2D eigenvalue weighted by molar-refractivity contribution is 8.01. The molecule has 0 saturated carbocycles. The average molecular weight is 418 g/mol. The van der Waals surface area contributed by atoms with Crippen LogP contribution in [0.2, 0.25) is 0 Å². The molecular weight excluding hydrogens is 390 g/mol. The van der Waals surface area contributed by atoms with Crippen molar-refractivity contribution in [3.8, 4) is 0 Å². The first-order chi connectivity index (χ1) is 13.9. The van der Waals surface area contributed by atoms with Crippen LogP contribution in [0.15, 0.2) is 18.2 Å². The highest BCUT2D eigenvalue weighted by Gasteiger charge is 2.53. The molecule has 3 fully saturated rings. The predicted molar refractivity (Wildman–Crippen MR) is 113 cm³/mol. The maximum atomic E-state index is 12.5. The maximum absolute atomic E-state index is 12.5. The molecule has 0 unspecified atom stereocenters. The number of amides is 2. The Balaban J connectivity index is 1.30. The van der Waals surface area contributed by atoms with Crippen molar-refractivity contribution < 1.29 is 19.1 Å². The van der Waals surface area contributed by atoms with E-state index < -0.39 is 12.0 Å². The van der Waals surface area contributed by atoms with E-state index in [9.17, 15) is 14.4 Å². The number of rotatable bonds is 5. The molecule has 3 aliphatic heterocycles. The van der Waals surface area contributed by atoms with Crippen molar-refractivity contribution in [1.82, 2.24) is 4.90 Å². The Morgan fingerprint density at radius 1 is 1.31 bits per heavy atom. The Morgan fingerprint density at radius 2 is 2.07 bits per heavy atom. The molecule has 3 aliphatic rings. The van der Waals surface area contributed by atoms with Crippen molar-refractivity contribution in [3.63, 3.8) is 0 Å². The molecule has 0 aromatic heterocycles. The molecule has 156 valence electrons. The van der Waals surface area contributed by atoms with Crippen LogP contribution in [-0.2, 0) is 19.1 Å². The molecule has 29 heavy (non-hydrogen) atoms. The molecule has 2 amide bonds. The van der Waals surface area contributed by atoms with E-state index >= 15 is 0 Å². The first-order valence-corrected chi connectivity index (χ1v) is 11.1. The molecule has 4 rings (SSSR count). The Morgan fingerprint density at radius 3 is 2.79 bits per heavy atom. The summed E-state index contributed by atoms with van der Waals surface area (Å²) < 4.78 is 5.23. The number of thioether (sulfide) groups is 1. The molecule has 1 aromatic rings. The van der Waals surface area contributed by atoms with E-state index in [4.69, 9.17) is 4.74 Å². The van der Waals surface area contributed by atoms with Gasteiger partial charge in [0.15, 0.2) is 6.61 Å². The van der Waals surface area contributed by atoms with Gasteiger partial charge in [0.05, 0.1) is 4.87 Å². The van der Waals surface area contributed by atoms with E-state index in [0.29, 0.717) is 17.9 Å². The van der Waals surface area contributed by atoms with Crippen LogP contribution in [0, 0.1) is 6.92 Å². The van der Waals surface area contributed by atoms with Gasteiger partial charge in [-0.05, 0) is 56.9 Å². The van der Waals surface area contributed by atoms with Crippen LogP contribution in [0.4, 0.5) is 11.4 Å². The zero-order valence-electron chi connectivity index (χ0n) is 16.9. The van der Waals surface area contributed by atoms with Gasteiger partial charge in [-0.3, -0.25) is 9.59 Å². The summed E-state index contributed by atoms with van der Waals surface area (Å²) in [6, 6.07) is 5.24. The summed E-state index contributed by atoms with van der Waals surface area (Å²) in [6.45, 7) is 5.80. The third-order valence-corrected chi connectivity index (χ3v) is 7.49. The smallest absolute Gasteiger partial charge is 0.330 e. The van der Waals surface area contributed by atoms with Gasteiger partial charge in [-0.2, -0.15) is 0 Å². The number of nitrogens with one attached hydrogen (secondary N) is 1. The zero-order valence-corrected chi connectivity index (χ0v) is 17.7. The van der Waals surface area contributed by atoms with Gasteiger partial charge >= 0.3 is 5.97 Å². The third-order valence-electron chi connectivity index (χ3n) is 5.99. The van der Waals surface area contributed by atoms with Crippen LogP contribution in [0.5, 0.6) is 0 Å². The topological polar surface area (TPSA) is 78.9 Å². The number of anilines is 2. The zero-order chi connectivity index (χ0) is 20.6. The number of fused-ring (bicyclic) bond motifs is 1. The minimum absolute atomic E-state index is 0.0162. The van der Waals surface area contributed by atoms with Crippen LogP contribution in [0.1, 0.15) is 38.2 Å². The van der Waals surface area contributed by atoms with Crippen LogP contribution in [-0.4, -0.2) is 59.0 Å².